The van der Waals surface area contributed by atoms with Crippen LogP contribution in [0.5, 0.6) is 0 Å². The van der Waals surface area contributed by atoms with Crippen LogP contribution in [0.3, 0.4) is 0 Å². The molecule has 7 heteroatoms. The molecule has 0 spiro atoms. The SMILES string of the molecule is CC(=O)N1CCN(C(=O)c2cncc(C(=O)N3CCc4ccccc43)c2)CC1. The van der Waals surface area contributed by atoms with Crippen molar-refractivity contribution in [1.82, 2.24) is 14.8 Å². The summed E-state index contributed by atoms with van der Waals surface area (Å²) in [5.41, 5.74) is 2.88. The van der Waals surface area contributed by atoms with Crippen molar-refractivity contribution in [2.75, 3.05) is 37.6 Å². The molecule has 1 saturated heterocycles. The Kier molecular flexibility index (Phi) is 4.81. The summed E-state index contributed by atoms with van der Waals surface area (Å²) in [5, 5.41) is 0. The number of benzene rings is 1. The van der Waals surface area contributed by atoms with Crippen molar-refractivity contribution in [2.45, 2.75) is 13.3 Å². The number of piperazine rings is 1. The van der Waals surface area contributed by atoms with E-state index in [0.717, 1.165) is 17.7 Å². The zero-order valence-corrected chi connectivity index (χ0v) is 15.8. The Labute approximate surface area is 163 Å². The van der Waals surface area contributed by atoms with Crippen molar-refractivity contribution in [3.05, 3.63) is 59.4 Å². The van der Waals surface area contributed by atoms with E-state index >= 15 is 0 Å². The van der Waals surface area contributed by atoms with Crippen LogP contribution in [0.4, 0.5) is 5.69 Å². The van der Waals surface area contributed by atoms with E-state index in [-0.39, 0.29) is 17.7 Å². The van der Waals surface area contributed by atoms with Gasteiger partial charge in [-0.25, -0.2) is 0 Å². The van der Waals surface area contributed by atoms with Gasteiger partial charge in [0.1, 0.15) is 0 Å². The van der Waals surface area contributed by atoms with Gasteiger partial charge >= 0.3 is 0 Å². The summed E-state index contributed by atoms with van der Waals surface area (Å²) >= 11 is 0. The fourth-order valence-corrected chi connectivity index (χ4v) is 3.79. The normalized spacial score (nSPS) is 16.1. The number of rotatable bonds is 2. The second-order valence-corrected chi connectivity index (χ2v) is 7.10. The number of anilines is 1. The summed E-state index contributed by atoms with van der Waals surface area (Å²) in [6.45, 7) is 4.18. The van der Waals surface area contributed by atoms with Crippen molar-refractivity contribution < 1.29 is 14.4 Å². The van der Waals surface area contributed by atoms with Crippen molar-refractivity contribution >= 4 is 23.4 Å². The highest BCUT2D eigenvalue weighted by atomic mass is 16.2. The van der Waals surface area contributed by atoms with Crippen LogP contribution in [0.2, 0.25) is 0 Å². The Bertz CT molecular complexity index is 935. The molecule has 0 atom stereocenters. The van der Waals surface area contributed by atoms with Gasteiger partial charge in [0, 0.05) is 57.7 Å². The van der Waals surface area contributed by atoms with Crippen molar-refractivity contribution in [1.29, 1.82) is 0 Å². The lowest BCUT2D eigenvalue weighted by molar-refractivity contribution is -0.130. The number of nitrogens with zero attached hydrogens (tertiary/aromatic N) is 4. The number of hydrogen-bond acceptors (Lipinski definition) is 4. The highest BCUT2D eigenvalue weighted by molar-refractivity contribution is 6.08. The summed E-state index contributed by atoms with van der Waals surface area (Å²) in [6.07, 6.45) is 3.83. The molecule has 0 radical (unpaired) electrons. The number of carbonyl (C=O) groups is 3. The van der Waals surface area contributed by atoms with E-state index < -0.39 is 0 Å². The molecule has 28 heavy (non-hydrogen) atoms. The lowest BCUT2D eigenvalue weighted by Crippen LogP contribution is -2.50. The second kappa shape index (κ2) is 7.42. The molecule has 4 rings (SSSR count). The molecular formula is C21H22N4O3. The average Bonchev–Trinajstić information content (AvgIpc) is 3.17. The van der Waals surface area contributed by atoms with E-state index in [1.54, 1.807) is 20.8 Å². The third-order valence-corrected chi connectivity index (χ3v) is 5.38. The summed E-state index contributed by atoms with van der Waals surface area (Å²) in [7, 11) is 0. The van der Waals surface area contributed by atoms with E-state index in [0.29, 0.717) is 43.9 Å². The van der Waals surface area contributed by atoms with Gasteiger partial charge in [0.05, 0.1) is 11.1 Å². The first-order valence-electron chi connectivity index (χ1n) is 9.44. The Hall–Kier alpha value is -3.22. The van der Waals surface area contributed by atoms with Gasteiger partial charge in [-0.1, -0.05) is 18.2 Å². The molecular weight excluding hydrogens is 356 g/mol. The van der Waals surface area contributed by atoms with Gasteiger partial charge in [-0.05, 0) is 24.1 Å². The highest BCUT2D eigenvalue weighted by Gasteiger charge is 2.27. The largest absolute Gasteiger partial charge is 0.339 e. The van der Waals surface area contributed by atoms with Crippen LogP contribution in [0, 0.1) is 0 Å². The van der Waals surface area contributed by atoms with E-state index in [4.69, 9.17) is 0 Å². The topological polar surface area (TPSA) is 73.8 Å². The van der Waals surface area contributed by atoms with Gasteiger partial charge in [0.25, 0.3) is 11.8 Å². The molecule has 2 aliphatic heterocycles. The Morgan fingerprint density at radius 1 is 0.857 bits per heavy atom. The lowest BCUT2D eigenvalue weighted by Gasteiger charge is -2.34. The lowest BCUT2D eigenvalue weighted by atomic mass is 10.1. The minimum atomic E-state index is -0.160. The fraction of sp³-hybridized carbons (Fsp3) is 0.333. The second-order valence-electron chi connectivity index (χ2n) is 7.10. The van der Waals surface area contributed by atoms with Crippen LogP contribution in [0.1, 0.15) is 33.2 Å². The van der Waals surface area contributed by atoms with E-state index in [9.17, 15) is 14.4 Å². The number of amides is 3. The maximum absolute atomic E-state index is 13.0. The molecule has 144 valence electrons. The van der Waals surface area contributed by atoms with Crippen LogP contribution in [-0.4, -0.2) is 65.2 Å². The van der Waals surface area contributed by atoms with Crippen molar-refractivity contribution in [3.63, 3.8) is 0 Å². The number of aromatic nitrogens is 1. The Balaban J connectivity index is 1.50. The van der Waals surface area contributed by atoms with E-state index in [2.05, 4.69) is 4.98 Å². The quantitative estimate of drug-likeness (QED) is 0.795. The maximum Gasteiger partial charge on any atom is 0.259 e. The Morgan fingerprint density at radius 3 is 2.21 bits per heavy atom. The van der Waals surface area contributed by atoms with Crippen LogP contribution in [0.15, 0.2) is 42.7 Å². The number of carbonyl (C=O) groups excluding carboxylic acids is 3. The van der Waals surface area contributed by atoms with Gasteiger partial charge in [0.2, 0.25) is 5.91 Å². The molecule has 3 heterocycles. The third-order valence-electron chi connectivity index (χ3n) is 5.38. The van der Waals surface area contributed by atoms with Crippen LogP contribution in [0.25, 0.3) is 0 Å². The van der Waals surface area contributed by atoms with Gasteiger partial charge in [-0.3, -0.25) is 19.4 Å². The molecule has 0 saturated carbocycles. The van der Waals surface area contributed by atoms with Gasteiger partial charge in [-0.2, -0.15) is 0 Å². The third kappa shape index (κ3) is 3.35. The first kappa shape index (κ1) is 18.2. The van der Waals surface area contributed by atoms with Gasteiger partial charge in [-0.15, -0.1) is 0 Å². The molecule has 0 bridgehead atoms. The predicted molar refractivity (Wildman–Crippen MR) is 104 cm³/mol. The number of fused-ring (bicyclic) bond motifs is 1. The number of pyridine rings is 1. The first-order chi connectivity index (χ1) is 13.5. The number of para-hydroxylation sites is 1. The molecule has 0 aliphatic carbocycles. The maximum atomic E-state index is 13.0. The zero-order chi connectivity index (χ0) is 19.7. The zero-order valence-electron chi connectivity index (χ0n) is 15.8. The molecule has 1 aromatic carbocycles. The molecule has 7 nitrogen and oxygen atoms in total. The van der Waals surface area contributed by atoms with Crippen molar-refractivity contribution in [3.8, 4) is 0 Å². The summed E-state index contributed by atoms with van der Waals surface area (Å²) < 4.78 is 0. The minimum Gasteiger partial charge on any atom is -0.339 e. The fourth-order valence-electron chi connectivity index (χ4n) is 3.79. The van der Waals surface area contributed by atoms with Gasteiger partial charge < -0.3 is 14.7 Å². The summed E-state index contributed by atoms with van der Waals surface area (Å²) in [4.78, 5) is 46.6. The predicted octanol–water partition coefficient (Wildman–Crippen LogP) is 1.59. The van der Waals surface area contributed by atoms with Crippen LogP contribution < -0.4 is 4.90 Å². The molecule has 2 aromatic rings. The standard InChI is InChI=1S/C21H22N4O3/c1-15(26)23-8-10-24(11-9-23)20(27)17-12-18(14-22-13-17)21(28)25-7-6-16-4-2-3-5-19(16)25/h2-5,12-14H,6-11H2,1H3. The van der Waals surface area contributed by atoms with E-state index in [1.807, 2.05) is 24.3 Å². The van der Waals surface area contributed by atoms with Gasteiger partial charge in [0.15, 0.2) is 0 Å². The molecule has 0 unspecified atom stereocenters. The summed E-state index contributed by atoms with van der Waals surface area (Å²) in [6, 6.07) is 9.48. The average molecular weight is 378 g/mol. The highest BCUT2D eigenvalue weighted by Crippen LogP contribution is 2.28. The Morgan fingerprint density at radius 2 is 1.50 bits per heavy atom. The van der Waals surface area contributed by atoms with E-state index in [1.165, 1.54) is 19.3 Å². The number of hydrogen-bond donors (Lipinski definition) is 0. The summed E-state index contributed by atoms with van der Waals surface area (Å²) in [5.74, 6) is -0.284. The monoisotopic (exact) mass is 378 g/mol. The molecule has 1 fully saturated rings. The van der Waals surface area contributed by atoms with Crippen LogP contribution in [-0.2, 0) is 11.2 Å². The minimum absolute atomic E-state index is 0.0206. The molecule has 0 N–H and O–H groups in total. The molecule has 1 aromatic heterocycles. The van der Waals surface area contributed by atoms with Crippen LogP contribution >= 0.6 is 0 Å². The first-order valence-corrected chi connectivity index (χ1v) is 9.44. The molecule has 3 amide bonds. The van der Waals surface area contributed by atoms with Crippen molar-refractivity contribution in [2.24, 2.45) is 0 Å². The smallest absolute Gasteiger partial charge is 0.259 e. The molecule has 2 aliphatic rings.